The summed E-state index contributed by atoms with van der Waals surface area (Å²) in [6.45, 7) is 3.03. The molecule has 0 spiro atoms. The summed E-state index contributed by atoms with van der Waals surface area (Å²) in [4.78, 5) is 2.20. The Balaban J connectivity index is 0. The zero-order valence-corrected chi connectivity index (χ0v) is 12.9. The maximum atomic E-state index is 5.29. The Kier molecular flexibility index (Phi) is 12.8. The van der Waals surface area contributed by atoms with Crippen LogP contribution >= 0.6 is 24.8 Å². The summed E-state index contributed by atoms with van der Waals surface area (Å²) < 4.78 is 5.29. The van der Waals surface area contributed by atoms with Gasteiger partial charge in [0.15, 0.2) is 0 Å². The minimum Gasteiger partial charge on any atom is -0.496 e. The summed E-state index contributed by atoms with van der Waals surface area (Å²) in [6, 6.07) is 8.13. The molecule has 0 radical (unpaired) electrons. The van der Waals surface area contributed by atoms with Crippen molar-refractivity contribution in [1.82, 2.24) is 10.2 Å². The van der Waals surface area contributed by atoms with Gasteiger partial charge in [0.1, 0.15) is 5.75 Å². The van der Waals surface area contributed by atoms with Gasteiger partial charge in [0, 0.05) is 12.1 Å². The average molecular weight is 295 g/mol. The molecule has 3 nitrogen and oxygen atoms in total. The third-order valence-corrected chi connectivity index (χ3v) is 2.47. The van der Waals surface area contributed by atoms with Gasteiger partial charge in [-0.3, -0.25) is 0 Å². The number of hydrogen-bond donors (Lipinski definition) is 1. The van der Waals surface area contributed by atoms with Gasteiger partial charge in [0.05, 0.1) is 7.11 Å². The van der Waals surface area contributed by atoms with E-state index < -0.39 is 0 Å². The molecule has 0 amide bonds. The lowest BCUT2D eigenvalue weighted by Crippen LogP contribution is -2.21. The molecule has 0 aliphatic rings. The number of ether oxygens (including phenoxy) is 1. The van der Waals surface area contributed by atoms with E-state index in [0.717, 1.165) is 25.4 Å². The number of nitrogens with zero attached hydrogens (tertiary/aromatic N) is 1. The second kappa shape index (κ2) is 11.6. The second-order valence-electron chi connectivity index (χ2n) is 4.15. The molecule has 0 unspecified atom stereocenters. The van der Waals surface area contributed by atoms with Gasteiger partial charge in [0.25, 0.3) is 0 Å². The van der Waals surface area contributed by atoms with Gasteiger partial charge in [-0.1, -0.05) is 18.2 Å². The summed E-state index contributed by atoms with van der Waals surface area (Å²) >= 11 is 0. The lowest BCUT2D eigenvalue weighted by molar-refractivity contribution is 0.391. The standard InChI is InChI=1S/C13H22N2O.2ClH/c1-15(2)10-6-9-14-11-12-7-4-5-8-13(12)16-3;;/h4-5,7-8,14H,6,9-11H2,1-3H3;2*1H. The number of nitrogens with one attached hydrogen (secondary N) is 1. The first kappa shape index (κ1) is 19.9. The van der Waals surface area contributed by atoms with Crippen molar-refractivity contribution in [2.24, 2.45) is 0 Å². The number of halogens is 2. The topological polar surface area (TPSA) is 24.5 Å². The van der Waals surface area contributed by atoms with E-state index in [4.69, 9.17) is 4.74 Å². The number of methoxy groups -OCH3 is 1. The number of para-hydroxylation sites is 1. The molecular weight excluding hydrogens is 271 g/mol. The maximum absolute atomic E-state index is 5.29. The second-order valence-corrected chi connectivity index (χ2v) is 4.15. The first-order valence-electron chi connectivity index (χ1n) is 5.71. The highest BCUT2D eigenvalue weighted by molar-refractivity contribution is 5.85. The van der Waals surface area contributed by atoms with Crippen LogP contribution in [0, 0.1) is 0 Å². The highest BCUT2D eigenvalue weighted by atomic mass is 35.5. The zero-order chi connectivity index (χ0) is 11.8. The van der Waals surface area contributed by atoms with Gasteiger partial charge in [0.2, 0.25) is 0 Å². The van der Waals surface area contributed by atoms with E-state index in [9.17, 15) is 0 Å². The molecule has 0 saturated carbocycles. The Hall–Kier alpha value is -0.480. The summed E-state index contributed by atoms with van der Waals surface area (Å²) in [6.07, 6.45) is 1.17. The van der Waals surface area contributed by atoms with Crippen LogP contribution in [0.4, 0.5) is 0 Å². The van der Waals surface area contributed by atoms with Crippen molar-refractivity contribution in [3.63, 3.8) is 0 Å². The molecule has 106 valence electrons. The molecular formula is C13H24Cl2N2O. The Morgan fingerprint density at radius 2 is 1.83 bits per heavy atom. The van der Waals surface area contributed by atoms with E-state index in [1.807, 2.05) is 18.2 Å². The van der Waals surface area contributed by atoms with Crippen molar-refractivity contribution in [2.45, 2.75) is 13.0 Å². The fourth-order valence-electron chi connectivity index (χ4n) is 1.59. The van der Waals surface area contributed by atoms with Crippen LogP contribution < -0.4 is 10.1 Å². The summed E-state index contributed by atoms with van der Waals surface area (Å²) in [5.41, 5.74) is 1.22. The van der Waals surface area contributed by atoms with Gasteiger partial charge < -0.3 is 15.0 Å². The molecule has 1 N–H and O–H groups in total. The Labute approximate surface area is 123 Å². The molecule has 0 aromatic heterocycles. The molecule has 0 fully saturated rings. The van der Waals surface area contributed by atoms with Gasteiger partial charge in [-0.25, -0.2) is 0 Å². The molecule has 1 rings (SSSR count). The van der Waals surface area contributed by atoms with Gasteiger partial charge >= 0.3 is 0 Å². The van der Waals surface area contributed by atoms with E-state index in [1.165, 1.54) is 12.0 Å². The van der Waals surface area contributed by atoms with Crippen LogP contribution in [0.25, 0.3) is 0 Å². The number of hydrogen-bond acceptors (Lipinski definition) is 3. The van der Waals surface area contributed by atoms with Crippen molar-refractivity contribution in [3.8, 4) is 5.75 Å². The summed E-state index contributed by atoms with van der Waals surface area (Å²) in [5.74, 6) is 0.961. The Morgan fingerprint density at radius 1 is 1.17 bits per heavy atom. The fourth-order valence-corrected chi connectivity index (χ4v) is 1.59. The van der Waals surface area contributed by atoms with Crippen molar-refractivity contribution >= 4 is 24.8 Å². The largest absolute Gasteiger partial charge is 0.496 e. The summed E-state index contributed by atoms with van der Waals surface area (Å²) in [5, 5.41) is 3.43. The highest BCUT2D eigenvalue weighted by Gasteiger charge is 2.00. The third kappa shape index (κ3) is 7.77. The van der Waals surface area contributed by atoms with E-state index >= 15 is 0 Å². The van der Waals surface area contributed by atoms with E-state index in [1.54, 1.807) is 7.11 Å². The molecule has 1 aromatic rings. The molecule has 1 aromatic carbocycles. The predicted molar refractivity (Wildman–Crippen MR) is 82.4 cm³/mol. The first-order valence-corrected chi connectivity index (χ1v) is 5.71. The Morgan fingerprint density at radius 3 is 2.44 bits per heavy atom. The molecule has 0 heterocycles. The lowest BCUT2D eigenvalue weighted by Gasteiger charge is -2.11. The van der Waals surface area contributed by atoms with E-state index in [0.29, 0.717) is 0 Å². The van der Waals surface area contributed by atoms with Gasteiger partial charge in [-0.15, -0.1) is 24.8 Å². The fraction of sp³-hybridized carbons (Fsp3) is 0.538. The van der Waals surface area contributed by atoms with Crippen molar-refractivity contribution < 1.29 is 4.74 Å². The number of benzene rings is 1. The SMILES string of the molecule is COc1ccccc1CNCCCN(C)C.Cl.Cl. The molecule has 5 heteroatoms. The van der Waals surface area contributed by atoms with E-state index in [2.05, 4.69) is 30.4 Å². The van der Waals surface area contributed by atoms with Crippen LogP contribution in [0.5, 0.6) is 5.75 Å². The first-order chi connectivity index (χ1) is 7.74. The monoisotopic (exact) mass is 294 g/mol. The average Bonchev–Trinajstić information content (AvgIpc) is 2.29. The molecule has 0 bridgehead atoms. The smallest absolute Gasteiger partial charge is 0.123 e. The Bertz CT molecular complexity index is 309. The van der Waals surface area contributed by atoms with Crippen LogP contribution in [0.2, 0.25) is 0 Å². The molecule has 18 heavy (non-hydrogen) atoms. The highest BCUT2D eigenvalue weighted by Crippen LogP contribution is 2.16. The van der Waals surface area contributed by atoms with Crippen LogP contribution in [0.1, 0.15) is 12.0 Å². The zero-order valence-electron chi connectivity index (χ0n) is 11.3. The van der Waals surface area contributed by atoms with Crippen LogP contribution in [0.15, 0.2) is 24.3 Å². The summed E-state index contributed by atoms with van der Waals surface area (Å²) in [7, 11) is 5.91. The van der Waals surface area contributed by atoms with E-state index in [-0.39, 0.29) is 24.8 Å². The van der Waals surface area contributed by atoms with Gasteiger partial charge in [-0.05, 0) is 39.7 Å². The normalized spacial score (nSPS) is 9.56. The van der Waals surface area contributed by atoms with Crippen molar-refractivity contribution in [2.75, 3.05) is 34.3 Å². The molecule has 0 atom stereocenters. The molecule has 0 aliphatic carbocycles. The maximum Gasteiger partial charge on any atom is 0.123 e. The minimum absolute atomic E-state index is 0. The number of rotatable bonds is 7. The lowest BCUT2D eigenvalue weighted by atomic mass is 10.2. The van der Waals surface area contributed by atoms with Gasteiger partial charge in [-0.2, -0.15) is 0 Å². The van der Waals surface area contributed by atoms with Crippen LogP contribution in [0.3, 0.4) is 0 Å². The molecule has 0 saturated heterocycles. The van der Waals surface area contributed by atoms with Crippen molar-refractivity contribution in [3.05, 3.63) is 29.8 Å². The third-order valence-electron chi connectivity index (χ3n) is 2.47. The minimum atomic E-state index is 0. The predicted octanol–water partition coefficient (Wildman–Crippen LogP) is 2.58. The van der Waals surface area contributed by atoms with Crippen LogP contribution in [-0.4, -0.2) is 39.2 Å². The van der Waals surface area contributed by atoms with Crippen molar-refractivity contribution in [1.29, 1.82) is 0 Å². The van der Waals surface area contributed by atoms with Crippen LogP contribution in [-0.2, 0) is 6.54 Å². The quantitative estimate of drug-likeness (QED) is 0.783. The molecule has 0 aliphatic heterocycles.